The van der Waals surface area contributed by atoms with Crippen LogP contribution in [0.5, 0.6) is 0 Å². The summed E-state index contributed by atoms with van der Waals surface area (Å²) < 4.78 is 28.0. The van der Waals surface area contributed by atoms with Gasteiger partial charge in [-0.15, -0.1) is 0 Å². The van der Waals surface area contributed by atoms with Gasteiger partial charge in [-0.05, 0) is 30.2 Å². The molecule has 0 amide bonds. The molecule has 2 rings (SSSR count). The summed E-state index contributed by atoms with van der Waals surface area (Å²) in [4.78, 5) is 0. The Balaban J connectivity index is 2.61. The third-order valence-electron chi connectivity index (χ3n) is 2.99. The largest absolute Gasteiger partial charge is 0.271 e. The molecule has 0 aliphatic heterocycles. The van der Waals surface area contributed by atoms with E-state index in [2.05, 4.69) is 5.43 Å². The number of hydrogen-bond donors (Lipinski definition) is 2. The van der Waals surface area contributed by atoms with E-state index in [1.54, 1.807) is 31.2 Å². The van der Waals surface area contributed by atoms with Gasteiger partial charge in [-0.25, -0.2) is 14.2 Å². The molecule has 100 valence electrons. The first-order chi connectivity index (χ1) is 9.06. The number of hydrogen-bond acceptors (Lipinski definition) is 2. The normalized spacial score (nSPS) is 12.5. The minimum absolute atomic E-state index is 0.129. The van der Waals surface area contributed by atoms with Crippen LogP contribution in [-0.4, -0.2) is 0 Å². The Bertz CT molecular complexity index is 602. The van der Waals surface area contributed by atoms with E-state index >= 15 is 0 Å². The second-order valence-electron chi connectivity index (χ2n) is 4.21. The van der Waals surface area contributed by atoms with Crippen LogP contribution in [0.25, 0.3) is 0 Å². The molecule has 2 aromatic rings. The lowest BCUT2D eigenvalue weighted by Crippen LogP contribution is -2.30. The standard InChI is InChI=1S/C14H13ClF2N2/c1-8-6-7-11(16)12(13(8)17)14(19-18)9-4-2-3-5-10(9)15/h2-7,14,19H,18H2,1H3. The molecule has 0 bridgehead atoms. The van der Waals surface area contributed by atoms with Crippen LogP contribution >= 0.6 is 11.6 Å². The van der Waals surface area contributed by atoms with E-state index in [1.165, 1.54) is 12.1 Å². The van der Waals surface area contributed by atoms with E-state index in [1.807, 2.05) is 0 Å². The van der Waals surface area contributed by atoms with Gasteiger partial charge in [0.2, 0.25) is 0 Å². The van der Waals surface area contributed by atoms with Crippen molar-refractivity contribution < 1.29 is 8.78 Å². The zero-order valence-corrected chi connectivity index (χ0v) is 11.0. The summed E-state index contributed by atoms with van der Waals surface area (Å²) in [5.74, 6) is 4.17. The molecule has 2 aromatic carbocycles. The van der Waals surface area contributed by atoms with E-state index < -0.39 is 17.7 Å². The lowest BCUT2D eigenvalue weighted by Gasteiger charge is -2.20. The quantitative estimate of drug-likeness (QED) is 0.668. The fourth-order valence-electron chi connectivity index (χ4n) is 1.98. The number of hydrazine groups is 1. The third kappa shape index (κ3) is 2.61. The highest BCUT2D eigenvalue weighted by molar-refractivity contribution is 6.31. The lowest BCUT2D eigenvalue weighted by atomic mass is 9.96. The highest BCUT2D eigenvalue weighted by atomic mass is 35.5. The van der Waals surface area contributed by atoms with Gasteiger partial charge in [0, 0.05) is 10.6 Å². The minimum Gasteiger partial charge on any atom is -0.271 e. The molecule has 19 heavy (non-hydrogen) atoms. The molecule has 0 aliphatic carbocycles. The molecule has 0 fully saturated rings. The SMILES string of the molecule is Cc1ccc(F)c(C(NN)c2ccccc2Cl)c1F. The van der Waals surface area contributed by atoms with Crippen molar-refractivity contribution in [3.05, 3.63) is 69.7 Å². The molecule has 0 radical (unpaired) electrons. The molecule has 0 saturated carbocycles. The highest BCUT2D eigenvalue weighted by Gasteiger charge is 2.23. The van der Waals surface area contributed by atoms with E-state index in [9.17, 15) is 8.78 Å². The van der Waals surface area contributed by atoms with Crippen molar-refractivity contribution in [2.24, 2.45) is 5.84 Å². The van der Waals surface area contributed by atoms with Gasteiger partial charge in [-0.1, -0.05) is 35.9 Å². The van der Waals surface area contributed by atoms with Crippen molar-refractivity contribution in [2.75, 3.05) is 0 Å². The van der Waals surface area contributed by atoms with Gasteiger partial charge in [0.25, 0.3) is 0 Å². The van der Waals surface area contributed by atoms with Crippen molar-refractivity contribution in [2.45, 2.75) is 13.0 Å². The maximum absolute atomic E-state index is 14.1. The van der Waals surface area contributed by atoms with Crippen LogP contribution in [0, 0.1) is 18.6 Å². The number of aryl methyl sites for hydroxylation is 1. The lowest BCUT2D eigenvalue weighted by molar-refractivity contribution is 0.506. The summed E-state index contributed by atoms with van der Waals surface area (Å²) >= 11 is 6.05. The Morgan fingerprint density at radius 1 is 1.16 bits per heavy atom. The average Bonchev–Trinajstić information content (AvgIpc) is 2.40. The van der Waals surface area contributed by atoms with Gasteiger partial charge < -0.3 is 0 Å². The number of halogens is 3. The maximum Gasteiger partial charge on any atom is 0.134 e. The molecular weight excluding hydrogens is 270 g/mol. The van der Waals surface area contributed by atoms with Crippen LogP contribution in [0.4, 0.5) is 8.78 Å². The first kappa shape index (κ1) is 13.9. The highest BCUT2D eigenvalue weighted by Crippen LogP contribution is 2.31. The summed E-state index contributed by atoms with van der Waals surface area (Å²) in [5.41, 5.74) is 3.16. The summed E-state index contributed by atoms with van der Waals surface area (Å²) in [6, 6.07) is 8.55. The zero-order valence-electron chi connectivity index (χ0n) is 10.3. The Labute approximate surface area is 115 Å². The van der Waals surface area contributed by atoms with E-state index in [0.29, 0.717) is 16.1 Å². The fourth-order valence-corrected chi connectivity index (χ4v) is 2.23. The summed E-state index contributed by atoms with van der Waals surface area (Å²) in [6.07, 6.45) is 0. The Morgan fingerprint density at radius 3 is 2.47 bits per heavy atom. The predicted octanol–water partition coefficient (Wildman–Crippen LogP) is 3.48. The molecule has 0 heterocycles. The van der Waals surface area contributed by atoms with Crippen molar-refractivity contribution >= 4 is 11.6 Å². The van der Waals surface area contributed by atoms with Crippen molar-refractivity contribution in [3.8, 4) is 0 Å². The van der Waals surface area contributed by atoms with Gasteiger partial charge in [0.05, 0.1) is 6.04 Å². The molecule has 0 saturated heterocycles. The van der Waals surface area contributed by atoms with Crippen molar-refractivity contribution in [3.63, 3.8) is 0 Å². The van der Waals surface area contributed by atoms with Gasteiger partial charge in [0.15, 0.2) is 0 Å². The number of nitrogens with one attached hydrogen (secondary N) is 1. The first-order valence-electron chi connectivity index (χ1n) is 5.71. The van der Waals surface area contributed by atoms with Crippen LogP contribution < -0.4 is 11.3 Å². The first-order valence-corrected chi connectivity index (χ1v) is 6.09. The van der Waals surface area contributed by atoms with Gasteiger partial charge in [-0.2, -0.15) is 0 Å². The monoisotopic (exact) mass is 282 g/mol. The fraction of sp³-hybridized carbons (Fsp3) is 0.143. The Hall–Kier alpha value is -1.49. The third-order valence-corrected chi connectivity index (χ3v) is 3.34. The van der Waals surface area contributed by atoms with Gasteiger partial charge >= 0.3 is 0 Å². The predicted molar refractivity (Wildman–Crippen MR) is 71.7 cm³/mol. The van der Waals surface area contributed by atoms with Gasteiger partial charge in [-0.3, -0.25) is 5.84 Å². The molecule has 1 unspecified atom stereocenters. The van der Waals surface area contributed by atoms with E-state index in [4.69, 9.17) is 17.4 Å². The van der Waals surface area contributed by atoms with Gasteiger partial charge in [0.1, 0.15) is 11.6 Å². The van der Waals surface area contributed by atoms with Crippen molar-refractivity contribution in [1.29, 1.82) is 0 Å². The molecule has 3 N–H and O–H groups in total. The molecule has 0 spiro atoms. The summed E-state index contributed by atoms with van der Waals surface area (Å²) in [5, 5.41) is 0.394. The molecule has 0 aliphatic rings. The summed E-state index contributed by atoms with van der Waals surface area (Å²) in [7, 11) is 0. The van der Waals surface area contributed by atoms with E-state index in [0.717, 1.165) is 0 Å². The molecule has 5 heteroatoms. The number of benzene rings is 2. The van der Waals surface area contributed by atoms with Crippen LogP contribution in [0.1, 0.15) is 22.7 Å². The van der Waals surface area contributed by atoms with E-state index in [-0.39, 0.29) is 5.56 Å². The molecule has 2 nitrogen and oxygen atoms in total. The summed E-state index contributed by atoms with van der Waals surface area (Å²) in [6.45, 7) is 1.57. The van der Waals surface area contributed by atoms with Crippen LogP contribution in [0.3, 0.4) is 0 Å². The zero-order chi connectivity index (χ0) is 14.0. The van der Waals surface area contributed by atoms with Crippen LogP contribution in [0.2, 0.25) is 5.02 Å². The molecule has 0 aromatic heterocycles. The minimum atomic E-state index is -0.839. The smallest absolute Gasteiger partial charge is 0.134 e. The average molecular weight is 283 g/mol. The Morgan fingerprint density at radius 2 is 1.84 bits per heavy atom. The van der Waals surface area contributed by atoms with Crippen molar-refractivity contribution in [1.82, 2.24) is 5.43 Å². The number of nitrogens with two attached hydrogens (primary N) is 1. The molecule has 1 atom stereocenters. The van der Waals surface area contributed by atoms with Crippen LogP contribution in [-0.2, 0) is 0 Å². The molecular formula is C14H13ClF2N2. The maximum atomic E-state index is 14.1. The second-order valence-corrected chi connectivity index (χ2v) is 4.62. The van der Waals surface area contributed by atoms with Crippen LogP contribution in [0.15, 0.2) is 36.4 Å². The Kier molecular flexibility index (Phi) is 4.14. The number of rotatable bonds is 3. The second kappa shape index (κ2) is 5.65. The topological polar surface area (TPSA) is 38.0 Å².